The molecule has 2 atom stereocenters. The van der Waals surface area contributed by atoms with E-state index >= 15 is 0 Å². The highest BCUT2D eigenvalue weighted by molar-refractivity contribution is 5.82. The lowest BCUT2D eigenvalue weighted by molar-refractivity contribution is -0.138. The summed E-state index contributed by atoms with van der Waals surface area (Å²) in [6, 6.07) is 0. The zero-order valence-corrected chi connectivity index (χ0v) is 6.59. The third-order valence-corrected chi connectivity index (χ3v) is 2.41. The molecule has 1 aliphatic carbocycles. The van der Waals surface area contributed by atoms with Crippen molar-refractivity contribution in [1.82, 2.24) is 4.90 Å². The smallest absolute Gasteiger partial charge is 0.228 e. The number of alkyl halides is 1. The van der Waals surface area contributed by atoms with Crippen LogP contribution in [-0.2, 0) is 4.79 Å². The summed E-state index contributed by atoms with van der Waals surface area (Å²) in [4.78, 5) is 13.0. The minimum atomic E-state index is -0.835. The molecule has 3 heteroatoms. The van der Waals surface area contributed by atoms with E-state index in [-0.39, 0.29) is 11.8 Å². The van der Waals surface area contributed by atoms with Gasteiger partial charge in [-0.3, -0.25) is 4.79 Å². The molecule has 0 bridgehead atoms. The van der Waals surface area contributed by atoms with E-state index in [1.807, 2.05) is 0 Å². The number of hydrogen-bond acceptors (Lipinski definition) is 1. The molecule has 11 heavy (non-hydrogen) atoms. The van der Waals surface area contributed by atoms with Crippen LogP contribution in [-0.4, -0.2) is 30.1 Å². The summed E-state index contributed by atoms with van der Waals surface area (Å²) in [6.07, 6.45) is -0.373. The molecule has 1 saturated carbocycles. The van der Waals surface area contributed by atoms with Crippen molar-refractivity contribution in [2.45, 2.75) is 19.5 Å². The number of amides is 1. The minimum Gasteiger partial charge on any atom is -0.342 e. The summed E-state index contributed by atoms with van der Waals surface area (Å²) >= 11 is 0. The second-order valence-corrected chi connectivity index (χ2v) is 3.71. The average Bonchev–Trinajstić information content (AvgIpc) is 2.58. The fraction of sp³-hybridized carbons (Fsp3) is 0.875. The second kappa shape index (κ2) is 2.19. The topological polar surface area (TPSA) is 20.3 Å². The molecule has 1 unspecified atom stereocenters. The van der Waals surface area contributed by atoms with Crippen LogP contribution in [0.2, 0.25) is 0 Å². The van der Waals surface area contributed by atoms with E-state index in [4.69, 9.17) is 0 Å². The minimum absolute atomic E-state index is 0.0376. The zero-order chi connectivity index (χ0) is 8.01. The Labute approximate surface area is 65.4 Å². The Balaban J connectivity index is 1.83. The largest absolute Gasteiger partial charge is 0.342 e. The van der Waals surface area contributed by atoms with Crippen LogP contribution in [0.25, 0.3) is 0 Å². The molecule has 0 spiro atoms. The Hall–Kier alpha value is -0.600. The lowest BCUT2D eigenvalue weighted by atomic mass is 10.0. The molecule has 0 aromatic heterocycles. The van der Waals surface area contributed by atoms with Gasteiger partial charge in [-0.1, -0.05) is 6.92 Å². The number of nitrogens with zero attached hydrogens (tertiary/aromatic N) is 1. The summed E-state index contributed by atoms with van der Waals surface area (Å²) in [5.41, 5.74) is 0. The Morgan fingerprint density at radius 3 is 2.45 bits per heavy atom. The summed E-state index contributed by atoms with van der Waals surface area (Å²) in [5, 5.41) is 0. The predicted molar refractivity (Wildman–Crippen MR) is 38.7 cm³/mol. The van der Waals surface area contributed by atoms with Crippen molar-refractivity contribution in [3.05, 3.63) is 0 Å². The molecule has 1 heterocycles. The Bertz CT molecular complexity index is 189. The van der Waals surface area contributed by atoms with Gasteiger partial charge in [0.25, 0.3) is 0 Å². The maximum absolute atomic E-state index is 12.4. The van der Waals surface area contributed by atoms with Gasteiger partial charge in [-0.05, 0) is 12.3 Å². The highest BCUT2D eigenvalue weighted by atomic mass is 19.1. The lowest BCUT2D eigenvalue weighted by Crippen LogP contribution is -2.49. The van der Waals surface area contributed by atoms with Gasteiger partial charge in [0.05, 0.1) is 5.92 Å². The molecule has 62 valence electrons. The van der Waals surface area contributed by atoms with Gasteiger partial charge in [-0.2, -0.15) is 0 Å². The van der Waals surface area contributed by atoms with Crippen LogP contribution < -0.4 is 0 Å². The van der Waals surface area contributed by atoms with Crippen LogP contribution in [0.15, 0.2) is 0 Å². The first-order valence-electron chi connectivity index (χ1n) is 4.11. The maximum Gasteiger partial charge on any atom is 0.228 e. The molecule has 2 rings (SSSR count). The van der Waals surface area contributed by atoms with Crippen molar-refractivity contribution >= 4 is 5.91 Å². The van der Waals surface area contributed by atoms with Crippen LogP contribution in [0.3, 0.4) is 0 Å². The van der Waals surface area contributed by atoms with Crippen molar-refractivity contribution in [3.63, 3.8) is 0 Å². The SMILES string of the molecule is CC1CN(C(=O)C2C[C@H]2F)C1. The van der Waals surface area contributed by atoms with Gasteiger partial charge >= 0.3 is 0 Å². The Kier molecular flexibility index (Phi) is 1.41. The van der Waals surface area contributed by atoms with Crippen molar-refractivity contribution < 1.29 is 9.18 Å². The predicted octanol–water partition coefficient (Wildman–Crippen LogP) is 0.823. The van der Waals surface area contributed by atoms with E-state index in [0.717, 1.165) is 13.1 Å². The van der Waals surface area contributed by atoms with E-state index in [2.05, 4.69) is 6.92 Å². The number of likely N-dealkylation sites (tertiary alicyclic amines) is 1. The normalized spacial score (nSPS) is 36.7. The molecule has 1 amide bonds. The van der Waals surface area contributed by atoms with Crippen LogP contribution in [0, 0.1) is 11.8 Å². The third kappa shape index (κ3) is 1.12. The highest BCUT2D eigenvalue weighted by Gasteiger charge is 2.47. The number of rotatable bonds is 1. The van der Waals surface area contributed by atoms with Crippen molar-refractivity contribution in [3.8, 4) is 0 Å². The molecular weight excluding hydrogens is 145 g/mol. The highest BCUT2D eigenvalue weighted by Crippen LogP contribution is 2.36. The molecule has 1 saturated heterocycles. The van der Waals surface area contributed by atoms with Gasteiger partial charge in [0, 0.05) is 13.1 Å². The number of hydrogen-bond donors (Lipinski definition) is 0. The molecule has 0 aromatic rings. The van der Waals surface area contributed by atoms with Gasteiger partial charge in [-0.25, -0.2) is 4.39 Å². The van der Waals surface area contributed by atoms with Crippen LogP contribution >= 0.6 is 0 Å². The van der Waals surface area contributed by atoms with Crippen LogP contribution in [0.1, 0.15) is 13.3 Å². The van der Waals surface area contributed by atoms with Crippen molar-refractivity contribution in [1.29, 1.82) is 0 Å². The van der Waals surface area contributed by atoms with E-state index in [0.29, 0.717) is 12.3 Å². The maximum atomic E-state index is 12.4. The first-order chi connectivity index (χ1) is 5.18. The molecule has 1 aliphatic heterocycles. The van der Waals surface area contributed by atoms with Crippen LogP contribution in [0.4, 0.5) is 4.39 Å². The van der Waals surface area contributed by atoms with Gasteiger partial charge < -0.3 is 4.90 Å². The standard InChI is InChI=1S/C8H12FNO/c1-5-3-10(4-5)8(11)6-2-7(6)9/h5-7H,2-4H2,1H3/t6?,7-/m1/s1. The van der Waals surface area contributed by atoms with Crippen LogP contribution in [0.5, 0.6) is 0 Å². The molecule has 2 fully saturated rings. The van der Waals surface area contributed by atoms with Crippen molar-refractivity contribution in [2.24, 2.45) is 11.8 Å². The molecule has 0 aromatic carbocycles. The summed E-state index contributed by atoms with van der Waals surface area (Å²) in [6.45, 7) is 3.77. The van der Waals surface area contributed by atoms with Crippen molar-refractivity contribution in [2.75, 3.05) is 13.1 Å². The fourth-order valence-electron chi connectivity index (χ4n) is 1.53. The summed E-state index contributed by atoms with van der Waals surface area (Å²) in [7, 11) is 0. The molecule has 0 radical (unpaired) electrons. The monoisotopic (exact) mass is 157 g/mol. The van der Waals surface area contributed by atoms with E-state index in [1.165, 1.54) is 0 Å². The molecule has 0 N–H and O–H groups in total. The Morgan fingerprint density at radius 2 is 2.09 bits per heavy atom. The molecule has 2 aliphatic rings. The third-order valence-electron chi connectivity index (χ3n) is 2.41. The summed E-state index contributed by atoms with van der Waals surface area (Å²) < 4.78 is 12.4. The first kappa shape index (κ1) is 7.07. The lowest BCUT2D eigenvalue weighted by Gasteiger charge is -2.37. The summed E-state index contributed by atoms with van der Waals surface area (Å²) in [5.74, 6) is 0.383. The average molecular weight is 157 g/mol. The first-order valence-corrected chi connectivity index (χ1v) is 4.11. The van der Waals surface area contributed by atoms with Gasteiger partial charge in [0.2, 0.25) is 5.91 Å². The molecular formula is C8H12FNO. The van der Waals surface area contributed by atoms with E-state index in [1.54, 1.807) is 4.90 Å². The quantitative estimate of drug-likeness (QED) is 0.552. The fourth-order valence-corrected chi connectivity index (χ4v) is 1.53. The van der Waals surface area contributed by atoms with E-state index in [9.17, 15) is 9.18 Å². The number of carbonyl (C=O) groups is 1. The molecule has 2 nitrogen and oxygen atoms in total. The Morgan fingerprint density at radius 1 is 1.55 bits per heavy atom. The number of halogens is 1. The zero-order valence-electron chi connectivity index (χ0n) is 6.59. The van der Waals surface area contributed by atoms with Gasteiger partial charge in [0.1, 0.15) is 6.17 Å². The van der Waals surface area contributed by atoms with Gasteiger partial charge in [0.15, 0.2) is 0 Å². The number of carbonyl (C=O) groups excluding carboxylic acids is 1. The second-order valence-electron chi connectivity index (χ2n) is 3.71. The van der Waals surface area contributed by atoms with Gasteiger partial charge in [-0.15, -0.1) is 0 Å². The van der Waals surface area contributed by atoms with E-state index < -0.39 is 6.17 Å².